The molecule has 2 aromatic rings. The summed E-state index contributed by atoms with van der Waals surface area (Å²) in [4.78, 5) is 14.7. The predicted molar refractivity (Wildman–Crippen MR) is 68.5 cm³/mol. The van der Waals surface area contributed by atoms with E-state index in [1.54, 1.807) is 11.4 Å². The van der Waals surface area contributed by atoms with Gasteiger partial charge >= 0.3 is 5.97 Å². The van der Waals surface area contributed by atoms with Crippen molar-refractivity contribution in [2.45, 2.75) is 12.8 Å². The van der Waals surface area contributed by atoms with Crippen LogP contribution in [0.5, 0.6) is 0 Å². The van der Waals surface area contributed by atoms with Gasteiger partial charge in [0.15, 0.2) is 0 Å². The smallest absolute Gasteiger partial charge is 0.303 e. The molecule has 1 heterocycles. The van der Waals surface area contributed by atoms with Crippen molar-refractivity contribution in [1.82, 2.24) is 4.98 Å². The van der Waals surface area contributed by atoms with Crippen molar-refractivity contribution in [3.63, 3.8) is 0 Å². The molecule has 0 atom stereocenters. The van der Waals surface area contributed by atoms with Crippen LogP contribution in [0.4, 0.5) is 4.39 Å². The van der Waals surface area contributed by atoms with Crippen molar-refractivity contribution in [1.29, 1.82) is 0 Å². The van der Waals surface area contributed by atoms with Crippen LogP contribution in [0.3, 0.4) is 0 Å². The molecule has 94 valence electrons. The lowest BCUT2D eigenvalue weighted by molar-refractivity contribution is -0.136. The molecule has 18 heavy (non-hydrogen) atoms. The van der Waals surface area contributed by atoms with Gasteiger partial charge in [0.25, 0.3) is 0 Å². The van der Waals surface area contributed by atoms with Crippen molar-refractivity contribution < 1.29 is 14.3 Å². The summed E-state index contributed by atoms with van der Waals surface area (Å²) in [5.74, 6) is -1.31. The Bertz CT molecular complexity index is 565. The summed E-state index contributed by atoms with van der Waals surface area (Å²) in [5, 5.41) is 11.1. The molecular formula is C12H9ClFNO2S. The van der Waals surface area contributed by atoms with Crippen LogP contribution in [0.15, 0.2) is 23.6 Å². The topological polar surface area (TPSA) is 50.2 Å². The monoisotopic (exact) mass is 285 g/mol. The zero-order valence-electron chi connectivity index (χ0n) is 9.19. The van der Waals surface area contributed by atoms with Gasteiger partial charge in [-0.05, 0) is 12.1 Å². The van der Waals surface area contributed by atoms with Gasteiger partial charge in [-0.3, -0.25) is 4.79 Å². The zero-order valence-corrected chi connectivity index (χ0v) is 10.8. The number of thiazole rings is 1. The van der Waals surface area contributed by atoms with Gasteiger partial charge in [0.05, 0.1) is 22.7 Å². The van der Waals surface area contributed by atoms with E-state index in [1.807, 2.05) is 0 Å². The number of aryl methyl sites for hydroxylation is 1. The van der Waals surface area contributed by atoms with E-state index in [4.69, 9.17) is 16.7 Å². The van der Waals surface area contributed by atoms with E-state index >= 15 is 0 Å². The van der Waals surface area contributed by atoms with E-state index in [0.29, 0.717) is 22.1 Å². The second kappa shape index (κ2) is 5.46. The number of hydrogen-bond donors (Lipinski definition) is 1. The predicted octanol–water partition coefficient (Wildman–Crippen LogP) is 3.62. The molecule has 0 unspecified atom stereocenters. The molecule has 0 spiro atoms. The Morgan fingerprint density at radius 1 is 1.50 bits per heavy atom. The average molecular weight is 286 g/mol. The molecule has 3 nitrogen and oxygen atoms in total. The van der Waals surface area contributed by atoms with Crippen LogP contribution in [0.2, 0.25) is 5.02 Å². The fraction of sp³-hybridized carbons (Fsp3) is 0.167. The van der Waals surface area contributed by atoms with Crippen LogP contribution in [-0.4, -0.2) is 16.1 Å². The molecule has 0 aliphatic heterocycles. The second-order valence-corrected chi connectivity index (χ2v) is 4.90. The fourth-order valence-electron chi connectivity index (χ4n) is 1.47. The maximum absolute atomic E-state index is 13.6. The van der Waals surface area contributed by atoms with Gasteiger partial charge < -0.3 is 5.11 Å². The van der Waals surface area contributed by atoms with Crippen molar-refractivity contribution in [2.24, 2.45) is 0 Å². The van der Waals surface area contributed by atoms with Gasteiger partial charge in [-0.1, -0.05) is 17.7 Å². The standard InChI is InChI=1S/C12H9ClFNO2S/c13-8-2-1-3-9(14)11(8)12-15-7(6-18-12)4-5-10(16)17/h1-3,6H,4-5H2,(H,16,17). The average Bonchev–Trinajstić information content (AvgIpc) is 2.75. The van der Waals surface area contributed by atoms with Gasteiger partial charge in [0.1, 0.15) is 10.8 Å². The van der Waals surface area contributed by atoms with Gasteiger partial charge in [-0.15, -0.1) is 11.3 Å². The number of aliphatic carboxylic acids is 1. The molecule has 0 aliphatic carbocycles. The number of carboxylic acid groups (broad SMARTS) is 1. The minimum absolute atomic E-state index is 0.00811. The summed E-state index contributed by atoms with van der Waals surface area (Å²) < 4.78 is 13.6. The van der Waals surface area contributed by atoms with Crippen molar-refractivity contribution in [3.05, 3.63) is 40.1 Å². The quantitative estimate of drug-likeness (QED) is 0.933. The summed E-state index contributed by atoms with van der Waals surface area (Å²) >= 11 is 7.19. The van der Waals surface area contributed by atoms with Gasteiger partial charge in [-0.25, -0.2) is 9.37 Å². The third-order valence-corrected chi connectivity index (χ3v) is 3.55. The highest BCUT2D eigenvalue weighted by atomic mass is 35.5. The Morgan fingerprint density at radius 3 is 2.94 bits per heavy atom. The van der Waals surface area contributed by atoms with Crippen molar-refractivity contribution in [3.8, 4) is 10.6 Å². The minimum Gasteiger partial charge on any atom is -0.481 e. The molecule has 0 saturated carbocycles. The third-order valence-electron chi connectivity index (χ3n) is 2.32. The molecular weight excluding hydrogens is 277 g/mol. The number of benzene rings is 1. The molecule has 0 amide bonds. The van der Waals surface area contributed by atoms with E-state index in [9.17, 15) is 9.18 Å². The summed E-state index contributed by atoms with van der Waals surface area (Å²) in [6.45, 7) is 0. The minimum atomic E-state index is -0.881. The lowest BCUT2D eigenvalue weighted by Gasteiger charge is -2.01. The Kier molecular flexibility index (Phi) is 3.93. The first kappa shape index (κ1) is 13.0. The first-order valence-electron chi connectivity index (χ1n) is 5.18. The van der Waals surface area contributed by atoms with Gasteiger partial charge in [0, 0.05) is 11.8 Å². The fourth-order valence-corrected chi connectivity index (χ4v) is 2.70. The number of carboxylic acids is 1. The Morgan fingerprint density at radius 2 is 2.28 bits per heavy atom. The summed E-state index contributed by atoms with van der Waals surface area (Å²) in [6.07, 6.45) is 0.339. The number of rotatable bonds is 4. The Balaban J connectivity index is 2.27. The molecule has 6 heteroatoms. The summed E-state index contributed by atoms with van der Waals surface area (Å²) in [5.41, 5.74) is 0.905. The van der Waals surface area contributed by atoms with E-state index in [1.165, 1.54) is 23.5 Å². The maximum Gasteiger partial charge on any atom is 0.303 e. The van der Waals surface area contributed by atoms with Crippen LogP contribution >= 0.6 is 22.9 Å². The molecule has 0 fully saturated rings. The van der Waals surface area contributed by atoms with E-state index < -0.39 is 11.8 Å². The lowest BCUT2D eigenvalue weighted by Crippen LogP contribution is -1.97. The van der Waals surface area contributed by atoms with Gasteiger partial charge in [0.2, 0.25) is 0 Å². The molecule has 0 radical (unpaired) electrons. The second-order valence-electron chi connectivity index (χ2n) is 3.63. The van der Waals surface area contributed by atoms with Crippen LogP contribution in [-0.2, 0) is 11.2 Å². The molecule has 1 aromatic heterocycles. The molecule has 0 aliphatic rings. The highest BCUT2D eigenvalue weighted by Crippen LogP contribution is 2.32. The number of carbonyl (C=O) groups is 1. The number of halogens is 2. The number of nitrogens with zero attached hydrogens (tertiary/aromatic N) is 1. The Hall–Kier alpha value is -1.46. The van der Waals surface area contributed by atoms with Crippen LogP contribution in [0.1, 0.15) is 12.1 Å². The largest absolute Gasteiger partial charge is 0.481 e. The zero-order chi connectivity index (χ0) is 13.1. The molecule has 1 aromatic carbocycles. The van der Waals surface area contributed by atoms with Crippen molar-refractivity contribution >= 4 is 28.9 Å². The van der Waals surface area contributed by atoms with Crippen molar-refractivity contribution in [2.75, 3.05) is 0 Å². The highest BCUT2D eigenvalue weighted by Gasteiger charge is 2.13. The first-order chi connectivity index (χ1) is 8.58. The summed E-state index contributed by atoms with van der Waals surface area (Å²) in [7, 11) is 0. The van der Waals surface area contributed by atoms with Crippen LogP contribution in [0, 0.1) is 5.82 Å². The molecule has 0 saturated heterocycles. The maximum atomic E-state index is 13.6. The number of hydrogen-bond acceptors (Lipinski definition) is 3. The van der Waals surface area contributed by atoms with E-state index in [-0.39, 0.29) is 12.0 Å². The van der Waals surface area contributed by atoms with E-state index in [2.05, 4.69) is 4.98 Å². The van der Waals surface area contributed by atoms with Crippen LogP contribution < -0.4 is 0 Å². The summed E-state index contributed by atoms with van der Waals surface area (Å²) in [6, 6.07) is 4.44. The van der Waals surface area contributed by atoms with Gasteiger partial charge in [-0.2, -0.15) is 0 Å². The lowest BCUT2D eigenvalue weighted by atomic mass is 10.2. The van der Waals surface area contributed by atoms with Crippen LogP contribution in [0.25, 0.3) is 10.6 Å². The third kappa shape index (κ3) is 2.86. The normalized spacial score (nSPS) is 10.6. The SMILES string of the molecule is O=C(O)CCc1csc(-c2c(F)cccc2Cl)n1. The highest BCUT2D eigenvalue weighted by molar-refractivity contribution is 7.13. The van der Waals surface area contributed by atoms with E-state index in [0.717, 1.165) is 0 Å². The Labute approximate surface area is 112 Å². The molecule has 1 N–H and O–H groups in total. The molecule has 2 rings (SSSR count). The molecule has 0 bridgehead atoms. The first-order valence-corrected chi connectivity index (χ1v) is 6.44. The number of aromatic nitrogens is 1.